The number of carbonyl (C=O) groups excluding carboxylic acids is 1. The van der Waals surface area contributed by atoms with Gasteiger partial charge in [0.05, 0.1) is 12.8 Å². The second kappa shape index (κ2) is 8.53. The smallest absolute Gasteiger partial charge is 0.429 e. The summed E-state index contributed by atoms with van der Waals surface area (Å²) in [6, 6.07) is 17.7. The molecule has 0 atom stereocenters. The fourth-order valence-electron chi connectivity index (χ4n) is 3.23. The zero-order valence-electron chi connectivity index (χ0n) is 16.8. The Morgan fingerprint density at radius 1 is 1.13 bits per heavy atom. The monoisotopic (exact) mass is 438 g/mol. The van der Waals surface area contributed by atoms with Gasteiger partial charge in [-0.3, -0.25) is 0 Å². The lowest BCUT2D eigenvalue weighted by atomic mass is 10.2. The maximum atomic E-state index is 12.7. The first-order valence-electron chi connectivity index (χ1n) is 9.39. The van der Waals surface area contributed by atoms with Gasteiger partial charge >= 0.3 is 11.8 Å². The van der Waals surface area contributed by atoms with E-state index in [1.165, 1.54) is 0 Å². The number of fused-ring (bicyclic) bond motifs is 1. The van der Waals surface area contributed by atoms with Gasteiger partial charge in [0.15, 0.2) is 5.65 Å². The molecule has 1 N–H and O–H groups in total. The molecule has 158 valence electrons. The number of anilines is 1. The molecule has 4 aromatic rings. The van der Waals surface area contributed by atoms with Gasteiger partial charge in [-0.25, -0.2) is 14.6 Å². The third-order valence-corrected chi connectivity index (χ3v) is 4.91. The van der Waals surface area contributed by atoms with E-state index < -0.39 is 11.8 Å². The van der Waals surface area contributed by atoms with Crippen molar-refractivity contribution < 1.29 is 14.3 Å². The first-order valence-corrected chi connectivity index (χ1v) is 9.76. The Morgan fingerprint density at radius 3 is 2.52 bits per heavy atom. The standard InChI is InChI=1S/C22H19ClN4O4/c1-26(13-14-8-10-15(30-2)11-9-14)17-12-18(23)24-20-19(17)25-21(28)27(20)22(29)31-16-6-4-3-5-7-16/h3-12H,13H2,1-2H3,(H,25,28). The fraction of sp³-hybridized carbons (Fsp3) is 0.136. The average Bonchev–Trinajstić information content (AvgIpc) is 3.10. The zero-order chi connectivity index (χ0) is 22.0. The number of nitrogens with one attached hydrogen (secondary N) is 1. The van der Waals surface area contributed by atoms with Crippen molar-refractivity contribution in [1.29, 1.82) is 0 Å². The van der Waals surface area contributed by atoms with Crippen molar-refractivity contribution in [2.45, 2.75) is 6.54 Å². The number of ether oxygens (including phenoxy) is 2. The van der Waals surface area contributed by atoms with Crippen LogP contribution in [-0.2, 0) is 6.54 Å². The number of H-pyrrole nitrogens is 1. The minimum absolute atomic E-state index is 0.0926. The molecular weight excluding hydrogens is 420 g/mol. The van der Waals surface area contributed by atoms with Gasteiger partial charge < -0.3 is 19.4 Å². The van der Waals surface area contributed by atoms with Gasteiger partial charge in [0, 0.05) is 19.7 Å². The van der Waals surface area contributed by atoms with Crippen molar-refractivity contribution in [3.05, 3.63) is 81.9 Å². The highest BCUT2D eigenvalue weighted by Gasteiger charge is 2.21. The highest BCUT2D eigenvalue weighted by Crippen LogP contribution is 2.27. The Bertz CT molecular complexity index is 1280. The number of imidazole rings is 1. The first-order chi connectivity index (χ1) is 15.0. The molecule has 2 aromatic carbocycles. The third kappa shape index (κ3) is 4.24. The molecule has 0 saturated carbocycles. The molecule has 0 spiro atoms. The molecule has 0 amide bonds. The summed E-state index contributed by atoms with van der Waals surface area (Å²) >= 11 is 6.22. The minimum Gasteiger partial charge on any atom is -0.497 e. The predicted octanol–water partition coefficient (Wildman–Crippen LogP) is 4.07. The van der Waals surface area contributed by atoms with Gasteiger partial charge in [0.2, 0.25) is 0 Å². The lowest BCUT2D eigenvalue weighted by Crippen LogP contribution is -2.27. The molecule has 0 unspecified atom stereocenters. The number of pyridine rings is 1. The summed E-state index contributed by atoms with van der Waals surface area (Å²) in [5.41, 5.74) is 1.46. The van der Waals surface area contributed by atoms with E-state index in [9.17, 15) is 9.59 Å². The number of rotatable bonds is 5. The van der Waals surface area contributed by atoms with E-state index in [4.69, 9.17) is 21.1 Å². The number of para-hydroxylation sites is 1. The number of methoxy groups -OCH3 is 1. The van der Waals surface area contributed by atoms with Gasteiger partial charge in [0.1, 0.15) is 22.2 Å². The van der Waals surface area contributed by atoms with Crippen LogP contribution in [0.1, 0.15) is 5.56 Å². The Kier molecular flexibility index (Phi) is 5.64. The molecule has 0 aliphatic rings. The molecule has 2 aromatic heterocycles. The lowest BCUT2D eigenvalue weighted by Gasteiger charge is -2.20. The molecule has 0 aliphatic carbocycles. The topological polar surface area (TPSA) is 89.5 Å². The number of aromatic nitrogens is 3. The Morgan fingerprint density at radius 2 is 1.84 bits per heavy atom. The first kappa shape index (κ1) is 20.5. The maximum Gasteiger partial charge on any atom is 0.429 e. The van der Waals surface area contributed by atoms with E-state index in [-0.39, 0.29) is 10.8 Å². The molecule has 31 heavy (non-hydrogen) atoms. The minimum atomic E-state index is -0.874. The summed E-state index contributed by atoms with van der Waals surface area (Å²) in [4.78, 5) is 34.0. The molecule has 0 radical (unpaired) electrons. The molecule has 0 aliphatic heterocycles. The molecule has 9 heteroatoms. The van der Waals surface area contributed by atoms with Crippen LogP contribution < -0.4 is 20.1 Å². The number of carbonyl (C=O) groups is 1. The Balaban J connectivity index is 1.69. The van der Waals surface area contributed by atoms with Gasteiger partial charge in [-0.05, 0) is 29.8 Å². The molecule has 0 fully saturated rings. The van der Waals surface area contributed by atoms with E-state index >= 15 is 0 Å². The molecule has 0 saturated heterocycles. The van der Waals surface area contributed by atoms with Crippen molar-refractivity contribution in [3.63, 3.8) is 0 Å². The predicted molar refractivity (Wildman–Crippen MR) is 118 cm³/mol. The average molecular weight is 439 g/mol. The maximum absolute atomic E-state index is 12.7. The van der Waals surface area contributed by atoms with Crippen LogP contribution in [-0.4, -0.2) is 34.8 Å². The highest BCUT2D eigenvalue weighted by molar-refractivity contribution is 6.30. The van der Waals surface area contributed by atoms with Crippen molar-refractivity contribution in [1.82, 2.24) is 14.5 Å². The van der Waals surface area contributed by atoms with Crippen LogP contribution in [0, 0.1) is 0 Å². The van der Waals surface area contributed by atoms with E-state index in [0.29, 0.717) is 23.5 Å². The van der Waals surface area contributed by atoms with Gasteiger partial charge in [-0.15, -0.1) is 0 Å². The zero-order valence-corrected chi connectivity index (χ0v) is 17.6. The quantitative estimate of drug-likeness (QED) is 0.472. The summed E-state index contributed by atoms with van der Waals surface area (Å²) in [5.74, 6) is 1.08. The largest absolute Gasteiger partial charge is 0.497 e. The summed E-state index contributed by atoms with van der Waals surface area (Å²) in [6.07, 6.45) is -0.874. The fourth-order valence-corrected chi connectivity index (χ4v) is 3.41. The van der Waals surface area contributed by atoms with Crippen LogP contribution >= 0.6 is 11.6 Å². The SMILES string of the molecule is COc1ccc(CN(C)c2cc(Cl)nc3c2[nH]c(=O)n3C(=O)Oc2ccccc2)cc1. The number of hydrogen-bond acceptors (Lipinski definition) is 6. The molecule has 2 heterocycles. The number of hydrogen-bond donors (Lipinski definition) is 1. The second-order valence-electron chi connectivity index (χ2n) is 6.81. The second-order valence-corrected chi connectivity index (χ2v) is 7.20. The van der Waals surface area contributed by atoms with E-state index in [2.05, 4.69) is 9.97 Å². The van der Waals surface area contributed by atoms with Crippen LogP contribution in [0.2, 0.25) is 5.15 Å². The lowest BCUT2D eigenvalue weighted by molar-refractivity contribution is 0.202. The number of benzene rings is 2. The Hall–Kier alpha value is -3.78. The van der Waals surface area contributed by atoms with Crippen molar-refractivity contribution >= 4 is 34.5 Å². The number of halogens is 1. The van der Waals surface area contributed by atoms with E-state index in [1.54, 1.807) is 43.5 Å². The van der Waals surface area contributed by atoms with E-state index in [1.807, 2.05) is 36.2 Å². The van der Waals surface area contributed by atoms with Crippen molar-refractivity contribution in [2.75, 3.05) is 19.1 Å². The van der Waals surface area contributed by atoms with Crippen LogP contribution in [0.25, 0.3) is 11.2 Å². The van der Waals surface area contributed by atoms with Crippen molar-refractivity contribution in [3.8, 4) is 11.5 Å². The normalized spacial score (nSPS) is 10.8. The van der Waals surface area contributed by atoms with Gasteiger partial charge in [0.25, 0.3) is 0 Å². The molecule has 4 rings (SSSR count). The van der Waals surface area contributed by atoms with Crippen LogP contribution in [0.4, 0.5) is 10.5 Å². The number of aromatic amines is 1. The van der Waals surface area contributed by atoms with E-state index in [0.717, 1.165) is 15.9 Å². The van der Waals surface area contributed by atoms with Crippen LogP contribution in [0.3, 0.4) is 0 Å². The highest BCUT2D eigenvalue weighted by atomic mass is 35.5. The van der Waals surface area contributed by atoms with Crippen molar-refractivity contribution in [2.24, 2.45) is 0 Å². The summed E-state index contributed by atoms with van der Waals surface area (Å²) < 4.78 is 11.3. The van der Waals surface area contributed by atoms with Crippen LogP contribution in [0.5, 0.6) is 11.5 Å². The summed E-state index contributed by atoms with van der Waals surface area (Å²) in [6.45, 7) is 0.529. The summed E-state index contributed by atoms with van der Waals surface area (Å²) in [7, 11) is 3.47. The molecular formula is C22H19ClN4O4. The van der Waals surface area contributed by atoms with Gasteiger partial charge in [-0.2, -0.15) is 4.57 Å². The van der Waals surface area contributed by atoms with Gasteiger partial charge in [-0.1, -0.05) is 41.9 Å². The summed E-state index contributed by atoms with van der Waals surface area (Å²) in [5, 5.41) is 0.143. The Labute approximate surface area is 182 Å². The molecule has 8 nitrogen and oxygen atoms in total. The van der Waals surface area contributed by atoms with Crippen LogP contribution in [0.15, 0.2) is 65.5 Å². The molecule has 0 bridgehead atoms. The number of nitrogens with zero attached hydrogens (tertiary/aromatic N) is 3. The third-order valence-electron chi connectivity index (χ3n) is 4.72.